The zero-order chi connectivity index (χ0) is 13.0. The zero-order valence-electron chi connectivity index (χ0n) is 9.99. The van der Waals surface area contributed by atoms with Crippen LogP contribution in [-0.2, 0) is 11.3 Å². The molecule has 0 saturated carbocycles. The van der Waals surface area contributed by atoms with Crippen molar-refractivity contribution in [2.24, 2.45) is 0 Å². The van der Waals surface area contributed by atoms with Gasteiger partial charge in [0.05, 0.1) is 12.1 Å². The molecule has 2 rings (SSSR count). The van der Waals surface area contributed by atoms with Gasteiger partial charge in [0.2, 0.25) is 0 Å². The third kappa shape index (κ3) is 2.92. The van der Waals surface area contributed by atoms with Gasteiger partial charge >= 0.3 is 0 Å². The summed E-state index contributed by atoms with van der Waals surface area (Å²) in [5, 5.41) is 3.91. The first-order valence-corrected chi connectivity index (χ1v) is 5.63. The fraction of sp³-hybridized carbons (Fsp3) is 0.308. The number of hydrogen-bond donors (Lipinski definition) is 1. The van der Waals surface area contributed by atoms with Crippen LogP contribution in [0.25, 0.3) is 10.9 Å². The Morgan fingerprint density at radius 2 is 2.11 bits per heavy atom. The first-order chi connectivity index (χ1) is 8.70. The molecule has 0 radical (unpaired) electrons. The summed E-state index contributed by atoms with van der Waals surface area (Å²) in [6.07, 6.45) is -2.45. The van der Waals surface area contributed by atoms with E-state index in [1.165, 1.54) is 0 Å². The summed E-state index contributed by atoms with van der Waals surface area (Å²) < 4.78 is 29.0. The molecule has 0 aliphatic carbocycles. The summed E-state index contributed by atoms with van der Waals surface area (Å²) in [6, 6.07) is 9.55. The lowest BCUT2D eigenvalue weighted by molar-refractivity contribution is 0.0100. The Morgan fingerprint density at radius 1 is 1.33 bits per heavy atom. The molecule has 0 aliphatic heterocycles. The predicted molar refractivity (Wildman–Crippen MR) is 66.9 cm³/mol. The monoisotopic (exact) mass is 252 g/mol. The molecule has 3 nitrogen and oxygen atoms in total. The molecule has 5 heteroatoms. The van der Waals surface area contributed by atoms with Crippen LogP contribution in [-0.4, -0.2) is 25.1 Å². The average Bonchev–Trinajstić information content (AvgIpc) is 2.37. The summed E-state index contributed by atoms with van der Waals surface area (Å²) in [5.74, 6) is 0.656. The predicted octanol–water partition coefficient (Wildman–Crippen LogP) is 3.06. The summed E-state index contributed by atoms with van der Waals surface area (Å²) in [5.41, 5.74) is 1.64. The van der Waals surface area contributed by atoms with E-state index in [0.717, 1.165) is 16.5 Å². The van der Waals surface area contributed by atoms with Crippen LogP contribution in [0, 0.1) is 0 Å². The average molecular weight is 252 g/mol. The molecule has 1 N–H and O–H groups in total. The van der Waals surface area contributed by atoms with Gasteiger partial charge in [0.1, 0.15) is 12.4 Å². The molecule has 1 aromatic carbocycles. The molecule has 0 amide bonds. The van der Waals surface area contributed by atoms with E-state index in [4.69, 9.17) is 4.74 Å². The SMILES string of the molecule is CNc1nc2ccccc2cc1COCC(F)F. The molecule has 1 aromatic heterocycles. The summed E-state index contributed by atoms with van der Waals surface area (Å²) in [6.45, 7) is -0.436. The normalized spacial score (nSPS) is 11.1. The number of hydrogen-bond acceptors (Lipinski definition) is 3. The third-order valence-corrected chi connectivity index (χ3v) is 2.54. The van der Waals surface area contributed by atoms with E-state index in [1.54, 1.807) is 7.05 Å². The highest BCUT2D eigenvalue weighted by atomic mass is 19.3. The molecular weight excluding hydrogens is 238 g/mol. The molecule has 18 heavy (non-hydrogen) atoms. The van der Waals surface area contributed by atoms with Gasteiger partial charge in [0.25, 0.3) is 6.43 Å². The van der Waals surface area contributed by atoms with Crippen LogP contribution >= 0.6 is 0 Å². The van der Waals surface area contributed by atoms with Gasteiger partial charge in [0, 0.05) is 18.0 Å². The number of anilines is 1. The fourth-order valence-corrected chi connectivity index (χ4v) is 1.74. The molecule has 0 atom stereocenters. The lowest BCUT2D eigenvalue weighted by Gasteiger charge is -2.10. The number of halogens is 2. The Morgan fingerprint density at radius 3 is 2.83 bits per heavy atom. The minimum absolute atomic E-state index is 0.123. The lowest BCUT2D eigenvalue weighted by Crippen LogP contribution is -2.06. The number of ether oxygens (including phenoxy) is 1. The largest absolute Gasteiger partial charge is 0.373 e. The fourth-order valence-electron chi connectivity index (χ4n) is 1.74. The molecule has 0 fully saturated rings. The molecular formula is C13H14F2N2O. The molecule has 1 heterocycles. The van der Waals surface area contributed by atoms with Crippen molar-refractivity contribution in [3.05, 3.63) is 35.9 Å². The Labute approximate surface area is 104 Å². The van der Waals surface area contributed by atoms with Crippen LogP contribution < -0.4 is 5.32 Å². The highest BCUT2D eigenvalue weighted by molar-refractivity contribution is 5.81. The number of benzene rings is 1. The maximum absolute atomic E-state index is 12.0. The molecule has 0 spiro atoms. The minimum atomic E-state index is -2.45. The van der Waals surface area contributed by atoms with Crippen molar-refractivity contribution in [3.8, 4) is 0 Å². The molecule has 0 aliphatic rings. The number of aromatic nitrogens is 1. The van der Waals surface area contributed by atoms with Gasteiger partial charge in [-0.25, -0.2) is 13.8 Å². The van der Waals surface area contributed by atoms with Crippen molar-refractivity contribution in [2.75, 3.05) is 19.0 Å². The van der Waals surface area contributed by atoms with Crippen LogP contribution in [0.15, 0.2) is 30.3 Å². The highest BCUT2D eigenvalue weighted by Gasteiger charge is 2.07. The van der Waals surface area contributed by atoms with E-state index in [-0.39, 0.29) is 6.61 Å². The van der Waals surface area contributed by atoms with Crippen molar-refractivity contribution in [2.45, 2.75) is 13.0 Å². The second-order valence-electron chi connectivity index (χ2n) is 3.85. The van der Waals surface area contributed by atoms with E-state index < -0.39 is 13.0 Å². The lowest BCUT2D eigenvalue weighted by atomic mass is 10.1. The second-order valence-corrected chi connectivity index (χ2v) is 3.85. The second kappa shape index (κ2) is 5.73. The molecule has 2 aromatic rings. The maximum atomic E-state index is 12.0. The van der Waals surface area contributed by atoms with Gasteiger partial charge in [-0.1, -0.05) is 18.2 Å². The highest BCUT2D eigenvalue weighted by Crippen LogP contribution is 2.20. The third-order valence-electron chi connectivity index (χ3n) is 2.54. The van der Waals surface area contributed by atoms with Gasteiger partial charge in [0.15, 0.2) is 0 Å². The standard InChI is InChI=1S/C13H14F2N2O/c1-16-13-10(7-18-8-12(14)15)6-9-4-2-3-5-11(9)17-13/h2-6,12H,7-8H2,1H3,(H,16,17). The smallest absolute Gasteiger partial charge is 0.261 e. The van der Waals surface area contributed by atoms with Crippen molar-refractivity contribution in [1.82, 2.24) is 4.98 Å². The first-order valence-electron chi connectivity index (χ1n) is 5.63. The molecule has 0 saturated heterocycles. The number of nitrogens with one attached hydrogen (secondary N) is 1. The van der Waals surface area contributed by atoms with Gasteiger partial charge in [-0.3, -0.25) is 0 Å². The van der Waals surface area contributed by atoms with E-state index in [2.05, 4.69) is 10.3 Å². The Kier molecular flexibility index (Phi) is 4.04. The zero-order valence-corrected chi connectivity index (χ0v) is 9.99. The van der Waals surface area contributed by atoms with Gasteiger partial charge in [-0.2, -0.15) is 0 Å². The maximum Gasteiger partial charge on any atom is 0.261 e. The minimum Gasteiger partial charge on any atom is -0.373 e. The number of para-hydroxylation sites is 1. The van der Waals surface area contributed by atoms with Crippen LogP contribution in [0.4, 0.5) is 14.6 Å². The van der Waals surface area contributed by atoms with Crippen LogP contribution in [0.1, 0.15) is 5.56 Å². The van der Waals surface area contributed by atoms with Crippen LogP contribution in [0.3, 0.4) is 0 Å². The number of alkyl halides is 2. The Hall–Kier alpha value is -1.75. The Bertz CT molecular complexity index is 531. The van der Waals surface area contributed by atoms with E-state index in [1.807, 2.05) is 30.3 Å². The number of rotatable bonds is 5. The topological polar surface area (TPSA) is 34.2 Å². The van der Waals surface area contributed by atoms with E-state index in [0.29, 0.717) is 5.82 Å². The van der Waals surface area contributed by atoms with Crippen LogP contribution in [0.2, 0.25) is 0 Å². The quantitative estimate of drug-likeness (QED) is 0.888. The van der Waals surface area contributed by atoms with Crippen molar-refractivity contribution < 1.29 is 13.5 Å². The van der Waals surface area contributed by atoms with E-state index in [9.17, 15) is 8.78 Å². The summed E-state index contributed by atoms with van der Waals surface area (Å²) in [7, 11) is 1.74. The van der Waals surface area contributed by atoms with Crippen molar-refractivity contribution in [3.63, 3.8) is 0 Å². The molecule has 96 valence electrons. The van der Waals surface area contributed by atoms with E-state index >= 15 is 0 Å². The van der Waals surface area contributed by atoms with Gasteiger partial charge in [-0.15, -0.1) is 0 Å². The summed E-state index contributed by atoms with van der Waals surface area (Å²) in [4.78, 5) is 4.41. The number of nitrogens with zero attached hydrogens (tertiary/aromatic N) is 1. The van der Waals surface area contributed by atoms with Gasteiger partial charge < -0.3 is 10.1 Å². The van der Waals surface area contributed by atoms with Crippen LogP contribution in [0.5, 0.6) is 0 Å². The number of pyridine rings is 1. The van der Waals surface area contributed by atoms with Crippen molar-refractivity contribution >= 4 is 16.7 Å². The van der Waals surface area contributed by atoms with Gasteiger partial charge in [-0.05, 0) is 12.1 Å². The summed E-state index contributed by atoms with van der Waals surface area (Å²) >= 11 is 0. The number of fused-ring (bicyclic) bond motifs is 1. The van der Waals surface area contributed by atoms with Crippen molar-refractivity contribution in [1.29, 1.82) is 0 Å². The Balaban J connectivity index is 2.24. The first kappa shape index (κ1) is 12.7. The molecule has 0 unspecified atom stereocenters. The molecule has 0 bridgehead atoms.